The highest BCUT2D eigenvalue weighted by Gasteiger charge is 2.09. The minimum Gasteiger partial charge on any atom is -0.548 e. The Morgan fingerprint density at radius 1 is 1.33 bits per heavy atom. The van der Waals surface area contributed by atoms with Crippen LogP contribution in [0, 0.1) is 0 Å². The smallest absolute Gasteiger partial charge is 0.251 e. The second kappa shape index (κ2) is 4.79. The van der Waals surface area contributed by atoms with Crippen LogP contribution in [-0.4, -0.2) is 17.9 Å². The zero-order chi connectivity index (χ0) is 11.4. The van der Waals surface area contributed by atoms with E-state index in [0.717, 1.165) is 0 Å². The van der Waals surface area contributed by atoms with Crippen molar-refractivity contribution in [1.82, 2.24) is 5.32 Å². The second-order valence-corrected chi connectivity index (χ2v) is 3.46. The summed E-state index contributed by atoms with van der Waals surface area (Å²) < 4.78 is 0. The molecule has 4 nitrogen and oxygen atoms in total. The van der Waals surface area contributed by atoms with Gasteiger partial charge >= 0.3 is 0 Å². The van der Waals surface area contributed by atoms with E-state index in [0.29, 0.717) is 10.6 Å². The van der Waals surface area contributed by atoms with Gasteiger partial charge in [-0.2, -0.15) is 0 Å². The first-order valence-corrected chi connectivity index (χ1v) is 4.66. The van der Waals surface area contributed by atoms with E-state index in [9.17, 15) is 14.7 Å². The molecule has 1 amide bonds. The molecule has 0 fully saturated rings. The van der Waals surface area contributed by atoms with Crippen LogP contribution in [0.5, 0.6) is 0 Å². The van der Waals surface area contributed by atoms with Gasteiger partial charge in [-0.25, -0.2) is 0 Å². The van der Waals surface area contributed by atoms with Crippen LogP contribution in [0.15, 0.2) is 24.3 Å². The third-order valence-electron chi connectivity index (χ3n) is 1.81. The molecule has 0 aliphatic heterocycles. The van der Waals surface area contributed by atoms with Crippen molar-refractivity contribution in [3.63, 3.8) is 0 Å². The van der Waals surface area contributed by atoms with Crippen LogP contribution in [-0.2, 0) is 4.79 Å². The number of carboxylic acids is 1. The van der Waals surface area contributed by atoms with Crippen molar-refractivity contribution in [2.45, 2.75) is 13.0 Å². The van der Waals surface area contributed by atoms with Crippen LogP contribution >= 0.6 is 11.6 Å². The maximum Gasteiger partial charge on any atom is 0.251 e. The quantitative estimate of drug-likeness (QED) is 0.801. The molecular weight excluding hydrogens is 218 g/mol. The fourth-order valence-corrected chi connectivity index (χ4v) is 1.07. The van der Waals surface area contributed by atoms with Crippen LogP contribution in [0.25, 0.3) is 0 Å². The maximum atomic E-state index is 11.4. The molecule has 5 heteroatoms. The summed E-state index contributed by atoms with van der Waals surface area (Å²) in [5, 5.41) is 13.2. The minimum atomic E-state index is -1.32. The maximum absolute atomic E-state index is 11.4. The highest BCUT2D eigenvalue weighted by Crippen LogP contribution is 2.09. The number of benzene rings is 1. The average Bonchev–Trinajstić information content (AvgIpc) is 2.18. The summed E-state index contributed by atoms with van der Waals surface area (Å²) in [5.74, 6) is -1.79. The SMILES string of the molecule is C[C@@H](NC(=O)c1ccc(Cl)cc1)C(=O)[O-]. The monoisotopic (exact) mass is 226 g/mol. The molecule has 0 aromatic heterocycles. The van der Waals surface area contributed by atoms with Crippen molar-refractivity contribution in [2.24, 2.45) is 0 Å². The summed E-state index contributed by atoms with van der Waals surface area (Å²) in [6.07, 6.45) is 0. The van der Waals surface area contributed by atoms with Gasteiger partial charge in [0.05, 0.1) is 12.0 Å². The summed E-state index contributed by atoms with van der Waals surface area (Å²) in [4.78, 5) is 21.8. The molecule has 0 aliphatic carbocycles. The van der Waals surface area contributed by atoms with Gasteiger partial charge in [0.25, 0.3) is 5.91 Å². The fraction of sp³-hybridized carbons (Fsp3) is 0.200. The molecule has 0 bridgehead atoms. The third-order valence-corrected chi connectivity index (χ3v) is 2.06. The van der Waals surface area contributed by atoms with Gasteiger partial charge in [0, 0.05) is 10.6 Å². The number of hydrogen-bond acceptors (Lipinski definition) is 3. The molecular formula is C10H9ClNO3-. The van der Waals surface area contributed by atoms with E-state index in [2.05, 4.69) is 5.32 Å². The molecule has 1 aromatic rings. The predicted molar refractivity (Wildman–Crippen MR) is 53.4 cm³/mol. The standard InChI is InChI=1S/C10H10ClNO3/c1-6(10(14)15)12-9(13)7-2-4-8(11)5-3-7/h2-6H,1H3,(H,12,13)(H,14,15)/p-1/t6-/m1/s1. The Labute approximate surface area is 91.9 Å². The Bertz CT molecular complexity index is 375. The van der Waals surface area contributed by atoms with Crippen molar-refractivity contribution in [3.8, 4) is 0 Å². The first kappa shape index (κ1) is 11.5. The van der Waals surface area contributed by atoms with Gasteiger partial charge in [-0.15, -0.1) is 0 Å². The van der Waals surface area contributed by atoms with Gasteiger partial charge in [-0.05, 0) is 31.2 Å². The summed E-state index contributed by atoms with van der Waals surface area (Å²) in [6, 6.07) is 5.12. The van der Waals surface area contributed by atoms with E-state index in [4.69, 9.17) is 11.6 Å². The van der Waals surface area contributed by atoms with E-state index in [-0.39, 0.29) is 0 Å². The van der Waals surface area contributed by atoms with Gasteiger partial charge in [0.2, 0.25) is 0 Å². The molecule has 1 atom stereocenters. The van der Waals surface area contributed by atoms with Crippen LogP contribution < -0.4 is 10.4 Å². The van der Waals surface area contributed by atoms with E-state index < -0.39 is 17.9 Å². The summed E-state index contributed by atoms with van der Waals surface area (Å²) in [7, 11) is 0. The molecule has 0 saturated heterocycles. The molecule has 1 N–H and O–H groups in total. The van der Waals surface area contributed by atoms with Gasteiger partial charge in [-0.3, -0.25) is 4.79 Å². The Balaban J connectivity index is 2.69. The lowest BCUT2D eigenvalue weighted by Gasteiger charge is -2.14. The molecule has 1 rings (SSSR count). The summed E-state index contributed by atoms with van der Waals surface area (Å²) >= 11 is 5.64. The molecule has 0 unspecified atom stereocenters. The van der Waals surface area contributed by atoms with Crippen molar-refractivity contribution < 1.29 is 14.7 Å². The first-order chi connectivity index (χ1) is 7.00. The van der Waals surface area contributed by atoms with Crippen LogP contribution in [0.4, 0.5) is 0 Å². The Kier molecular flexibility index (Phi) is 3.68. The normalized spacial score (nSPS) is 11.9. The molecule has 80 valence electrons. The number of nitrogens with one attached hydrogen (secondary N) is 1. The van der Waals surface area contributed by atoms with Crippen molar-refractivity contribution in [1.29, 1.82) is 0 Å². The molecule has 0 heterocycles. The highest BCUT2D eigenvalue weighted by molar-refractivity contribution is 6.30. The predicted octanol–water partition coefficient (Wildman–Crippen LogP) is 0.208. The van der Waals surface area contributed by atoms with Gasteiger partial charge in [-0.1, -0.05) is 11.6 Å². The topological polar surface area (TPSA) is 69.2 Å². The minimum absolute atomic E-state index is 0.354. The van der Waals surface area contributed by atoms with Crippen molar-refractivity contribution in [2.75, 3.05) is 0 Å². The van der Waals surface area contributed by atoms with Gasteiger partial charge < -0.3 is 15.2 Å². The number of carbonyl (C=O) groups excluding carboxylic acids is 2. The number of rotatable bonds is 3. The average molecular weight is 227 g/mol. The molecule has 0 radical (unpaired) electrons. The fourth-order valence-electron chi connectivity index (χ4n) is 0.940. The number of halogens is 1. The lowest BCUT2D eigenvalue weighted by molar-refractivity contribution is -0.307. The van der Waals surface area contributed by atoms with Crippen LogP contribution in [0.3, 0.4) is 0 Å². The first-order valence-electron chi connectivity index (χ1n) is 4.28. The summed E-state index contributed by atoms with van der Waals surface area (Å²) in [5.41, 5.74) is 0.354. The number of amides is 1. The number of aliphatic carboxylic acids is 1. The van der Waals surface area contributed by atoms with E-state index in [1.54, 1.807) is 12.1 Å². The Morgan fingerprint density at radius 3 is 2.33 bits per heavy atom. The van der Waals surface area contributed by atoms with Crippen molar-refractivity contribution in [3.05, 3.63) is 34.9 Å². The van der Waals surface area contributed by atoms with Crippen LogP contribution in [0.2, 0.25) is 5.02 Å². The highest BCUT2D eigenvalue weighted by atomic mass is 35.5. The molecule has 15 heavy (non-hydrogen) atoms. The zero-order valence-electron chi connectivity index (χ0n) is 7.99. The third kappa shape index (κ3) is 3.25. The molecule has 0 saturated carbocycles. The molecule has 0 spiro atoms. The lowest BCUT2D eigenvalue weighted by atomic mass is 10.2. The second-order valence-electron chi connectivity index (χ2n) is 3.02. The zero-order valence-corrected chi connectivity index (χ0v) is 8.75. The van der Waals surface area contributed by atoms with E-state index in [1.165, 1.54) is 19.1 Å². The van der Waals surface area contributed by atoms with Crippen molar-refractivity contribution >= 4 is 23.5 Å². The van der Waals surface area contributed by atoms with E-state index in [1.807, 2.05) is 0 Å². The number of hydrogen-bond donors (Lipinski definition) is 1. The molecule has 1 aromatic carbocycles. The number of carbonyl (C=O) groups is 2. The van der Waals surface area contributed by atoms with Gasteiger partial charge in [0.15, 0.2) is 0 Å². The van der Waals surface area contributed by atoms with E-state index >= 15 is 0 Å². The number of carboxylic acid groups (broad SMARTS) is 1. The lowest BCUT2D eigenvalue weighted by Crippen LogP contribution is -2.45. The Morgan fingerprint density at radius 2 is 1.87 bits per heavy atom. The van der Waals surface area contributed by atoms with Crippen LogP contribution in [0.1, 0.15) is 17.3 Å². The molecule has 0 aliphatic rings. The largest absolute Gasteiger partial charge is 0.548 e. The van der Waals surface area contributed by atoms with Gasteiger partial charge in [0.1, 0.15) is 0 Å². The Hall–Kier alpha value is -1.55. The summed E-state index contributed by atoms with van der Waals surface area (Å²) in [6.45, 7) is 1.34.